The summed E-state index contributed by atoms with van der Waals surface area (Å²) in [4.78, 5) is 35.2. The first-order chi connectivity index (χ1) is 14.9. The SMILES string of the molecule is COc1ccc(Nc2nccc(N(C(=O)C3(C(N)=O)CC3)c3ccc(F)cc3)n2)cc1. The standard InChI is InChI=1S/C22H20FN5O3/c1-31-17-8-4-15(5-9-17)26-21-25-13-10-18(27-21)28(16-6-2-14(23)3-7-16)20(30)22(11-12-22)19(24)29/h2-10,13H,11-12H2,1H3,(H2,24,29)(H,25,26,27). The summed E-state index contributed by atoms with van der Waals surface area (Å²) in [6.45, 7) is 0. The molecule has 1 aliphatic carbocycles. The van der Waals surface area contributed by atoms with Crippen molar-refractivity contribution in [2.75, 3.05) is 17.3 Å². The molecular formula is C22H20FN5O3. The molecule has 158 valence electrons. The predicted octanol–water partition coefficient (Wildman–Crippen LogP) is 3.30. The Morgan fingerprint density at radius 2 is 1.77 bits per heavy atom. The van der Waals surface area contributed by atoms with Gasteiger partial charge >= 0.3 is 0 Å². The summed E-state index contributed by atoms with van der Waals surface area (Å²) in [6, 6.07) is 14.1. The maximum Gasteiger partial charge on any atom is 0.248 e. The molecule has 0 unspecified atom stereocenters. The molecule has 1 aliphatic rings. The van der Waals surface area contributed by atoms with Crippen molar-refractivity contribution in [2.24, 2.45) is 11.1 Å². The van der Waals surface area contributed by atoms with Gasteiger partial charge in [-0.3, -0.25) is 14.5 Å². The van der Waals surface area contributed by atoms with Crippen LogP contribution in [0.5, 0.6) is 5.75 Å². The third kappa shape index (κ3) is 4.02. The first kappa shape index (κ1) is 20.3. The Balaban J connectivity index is 1.69. The van der Waals surface area contributed by atoms with Gasteiger partial charge in [0.1, 0.15) is 22.8 Å². The topological polar surface area (TPSA) is 110 Å². The second-order valence-electron chi connectivity index (χ2n) is 7.16. The zero-order valence-electron chi connectivity index (χ0n) is 16.7. The Morgan fingerprint density at radius 3 is 2.35 bits per heavy atom. The van der Waals surface area contributed by atoms with Gasteiger partial charge in [-0.25, -0.2) is 9.37 Å². The lowest BCUT2D eigenvalue weighted by Crippen LogP contribution is -2.41. The van der Waals surface area contributed by atoms with Crippen LogP contribution in [0.15, 0.2) is 60.8 Å². The van der Waals surface area contributed by atoms with Gasteiger partial charge in [-0.1, -0.05) is 0 Å². The van der Waals surface area contributed by atoms with Gasteiger partial charge in [0, 0.05) is 18.0 Å². The minimum Gasteiger partial charge on any atom is -0.497 e. The van der Waals surface area contributed by atoms with E-state index in [1.807, 2.05) is 0 Å². The molecule has 2 amide bonds. The number of carbonyl (C=O) groups is 2. The van der Waals surface area contributed by atoms with Crippen molar-refractivity contribution in [3.63, 3.8) is 0 Å². The maximum absolute atomic E-state index is 13.5. The predicted molar refractivity (Wildman–Crippen MR) is 113 cm³/mol. The Morgan fingerprint density at radius 1 is 1.10 bits per heavy atom. The highest BCUT2D eigenvalue weighted by atomic mass is 19.1. The smallest absolute Gasteiger partial charge is 0.248 e. The average molecular weight is 421 g/mol. The summed E-state index contributed by atoms with van der Waals surface area (Å²) < 4.78 is 18.6. The van der Waals surface area contributed by atoms with Gasteiger partial charge in [-0.05, 0) is 61.4 Å². The number of hydrogen-bond donors (Lipinski definition) is 2. The molecule has 1 aromatic heterocycles. The Labute approximate surface area is 177 Å². The van der Waals surface area contributed by atoms with Crippen LogP contribution in [0.25, 0.3) is 0 Å². The van der Waals surface area contributed by atoms with Gasteiger partial charge in [0.2, 0.25) is 17.8 Å². The van der Waals surface area contributed by atoms with Crippen LogP contribution >= 0.6 is 0 Å². The van der Waals surface area contributed by atoms with E-state index in [-0.39, 0.29) is 11.8 Å². The van der Waals surface area contributed by atoms with Crippen molar-refractivity contribution >= 4 is 35.0 Å². The molecule has 0 saturated heterocycles. The van der Waals surface area contributed by atoms with Crippen molar-refractivity contribution in [3.05, 3.63) is 66.6 Å². The molecular weight excluding hydrogens is 401 g/mol. The fourth-order valence-electron chi connectivity index (χ4n) is 3.19. The number of ether oxygens (including phenoxy) is 1. The summed E-state index contributed by atoms with van der Waals surface area (Å²) in [6.07, 6.45) is 2.21. The van der Waals surface area contributed by atoms with E-state index in [1.54, 1.807) is 31.4 Å². The second kappa shape index (κ2) is 8.02. The Kier molecular flexibility index (Phi) is 5.24. The van der Waals surface area contributed by atoms with Gasteiger partial charge in [-0.15, -0.1) is 0 Å². The van der Waals surface area contributed by atoms with E-state index in [9.17, 15) is 14.0 Å². The number of primary amides is 1. The van der Waals surface area contributed by atoms with Crippen LogP contribution in [-0.4, -0.2) is 28.9 Å². The molecule has 0 spiro atoms. The van der Waals surface area contributed by atoms with Gasteiger partial charge in [0.05, 0.1) is 12.8 Å². The summed E-state index contributed by atoms with van der Waals surface area (Å²) in [5, 5.41) is 3.06. The van der Waals surface area contributed by atoms with Crippen LogP contribution in [0.4, 0.5) is 27.5 Å². The number of nitrogens with zero attached hydrogens (tertiary/aromatic N) is 3. The van der Waals surface area contributed by atoms with Gasteiger partial charge in [0.25, 0.3) is 0 Å². The number of rotatable bonds is 7. The van der Waals surface area contributed by atoms with Crippen LogP contribution in [0.1, 0.15) is 12.8 Å². The third-order valence-electron chi connectivity index (χ3n) is 5.14. The minimum absolute atomic E-state index is 0.232. The second-order valence-corrected chi connectivity index (χ2v) is 7.16. The largest absolute Gasteiger partial charge is 0.497 e. The van der Waals surface area contributed by atoms with Gasteiger partial charge in [-0.2, -0.15) is 4.98 Å². The molecule has 1 fully saturated rings. The Bertz CT molecular complexity index is 1110. The van der Waals surface area contributed by atoms with Crippen molar-refractivity contribution in [2.45, 2.75) is 12.8 Å². The molecule has 8 nitrogen and oxygen atoms in total. The van der Waals surface area contributed by atoms with Gasteiger partial charge in [0.15, 0.2) is 0 Å². The van der Waals surface area contributed by atoms with Crippen LogP contribution < -0.4 is 20.7 Å². The molecule has 0 radical (unpaired) electrons. The van der Waals surface area contributed by atoms with Crippen molar-refractivity contribution in [1.29, 1.82) is 0 Å². The number of nitrogens with one attached hydrogen (secondary N) is 1. The number of halogens is 1. The van der Waals surface area contributed by atoms with Crippen LogP contribution in [0.2, 0.25) is 0 Å². The summed E-state index contributed by atoms with van der Waals surface area (Å²) >= 11 is 0. The minimum atomic E-state index is -1.27. The highest BCUT2D eigenvalue weighted by Crippen LogP contribution is 2.48. The lowest BCUT2D eigenvalue weighted by Gasteiger charge is -2.25. The molecule has 0 atom stereocenters. The molecule has 3 aromatic rings. The normalized spacial score (nSPS) is 13.9. The van der Waals surface area contributed by atoms with E-state index in [1.165, 1.54) is 41.4 Å². The van der Waals surface area contributed by atoms with Crippen molar-refractivity contribution in [3.8, 4) is 5.75 Å². The molecule has 1 heterocycles. The molecule has 9 heteroatoms. The maximum atomic E-state index is 13.5. The molecule has 31 heavy (non-hydrogen) atoms. The highest BCUT2D eigenvalue weighted by molar-refractivity contribution is 6.16. The molecule has 4 rings (SSSR count). The zero-order chi connectivity index (χ0) is 22.0. The molecule has 0 aliphatic heterocycles. The number of hydrogen-bond acceptors (Lipinski definition) is 6. The van der Waals surface area contributed by atoms with Crippen molar-refractivity contribution < 1.29 is 18.7 Å². The molecule has 2 aromatic carbocycles. The fourth-order valence-corrected chi connectivity index (χ4v) is 3.19. The fraction of sp³-hybridized carbons (Fsp3) is 0.182. The Hall–Kier alpha value is -4.01. The third-order valence-corrected chi connectivity index (χ3v) is 5.14. The van der Waals surface area contributed by atoms with Gasteiger partial charge < -0.3 is 15.8 Å². The first-order valence-corrected chi connectivity index (χ1v) is 9.57. The van der Waals surface area contributed by atoms with E-state index < -0.39 is 23.0 Å². The number of nitrogens with two attached hydrogens (primary N) is 1. The monoisotopic (exact) mass is 421 g/mol. The van der Waals surface area contributed by atoms with E-state index >= 15 is 0 Å². The van der Waals surface area contributed by atoms with E-state index in [2.05, 4.69) is 15.3 Å². The number of amides is 2. The summed E-state index contributed by atoms with van der Waals surface area (Å²) in [7, 11) is 1.58. The zero-order valence-corrected chi connectivity index (χ0v) is 16.7. The molecule has 0 bridgehead atoms. The lowest BCUT2D eigenvalue weighted by molar-refractivity contribution is -0.133. The van der Waals surface area contributed by atoms with Crippen molar-refractivity contribution in [1.82, 2.24) is 9.97 Å². The molecule has 3 N–H and O–H groups in total. The van der Waals surface area contributed by atoms with E-state index in [4.69, 9.17) is 10.5 Å². The number of carbonyl (C=O) groups excluding carboxylic acids is 2. The first-order valence-electron chi connectivity index (χ1n) is 9.57. The lowest BCUT2D eigenvalue weighted by atomic mass is 10.0. The quantitative estimate of drug-likeness (QED) is 0.567. The summed E-state index contributed by atoms with van der Waals surface area (Å²) in [5.74, 6) is -0.455. The van der Waals surface area contributed by atoms with Crippen LogP contribution in [0.3, 0.4) is 0 Å². The van der Waals surface area contributed by atoms with Crippen LogP contribution in [0, 0.1) is 11.2 Å². The van der Waals surface area contributed by atoms with Crippen LogP contribution in [-0.2, 0) is 9.59 Å². The highest BCUT2D eigenvalue weighted by Gasteiger charge is 2.57. The van der Waals surface area contributed by atoms with E-state index in [0.29, 0.717) is 30.0 Å². The number of anilines is 4. The summed E-state index contributed by atoms with van der Waals surface area (Å²) in [5.41, 5.74) is 5.32. The molecule has 1 saturated carbocycles. The average Bonchev–Trinajstić information content (AvgIpc) is 3.58. The number of methoxy groups -OCH3 is 1. The number of benzene rings is 2. The number of aromatic nitrogens is 2. The van der Waals surface area contributed by atoms with E-state index in [0.717, 1.165) is 0 Å².